The van der Waals surface area contributed by atoms with Crippen molar-refractivity contribution in [2.24, 2.45) is 0 Å². The normalized spacial score (nSPS) is 21.9. The highest BCUT2D eigenvalue weighted by Gasteiger charge is 2.45. The van der Waals surface area contributed by atoms with Gasteiger partial charge in [0.2, 0.25) is 0 Å². The molecule has 1 N–H and O–H groups in total. The second-order valence-electron chi connectivity index (χ2n) is 7.80. The molecule has 0 bridgehead atoms. The van der Waals surface area contributed by atoms with Gasteiger partial charge in [0.1, 0.15) is 23.4 Å². The number of hydrogen-bond donors (Lipinski definition) is 1. The first kappa shape index (κ1) is 19.7. The zero-order chi connectivity index (χ0) is 20.7. The van der Waals surface area contributed by atoms with Gasteiger partial charge in [-0.05, 0) is 83.5 Å². The van der Waals surface area contributed by atoms with Crippen molar-refractivity contribution in [2.45, 2.75) is 43.8 Å². The van der Waals surface area contributed by atoms with Gasteiger partial charge in [0, 0.05) is 22.3 Å². The summed E-state index contributed by atoms with van der Waals surface area (Å²) in [6.07, 6.45) is 6.50. The summed E-state index contributed by atoms with van der Waals surface area (Å²) < 4.78 is 20.5. The van der Waals surface area contributed by atoms with Gasteiger partial charge < -0.3 is 14.6 Å². The van der Waals surface area contributed by atoms with E-state index < -0.39 is 0 Å². The lowest BCUT2D eigenvalue weighted by Gasteiger charge is -2.31. The van der Waals surface area contributed by atoms with Crippen LogP contribution in [0.2, 0.25) is 0 Å². The van der Waals surface area contributed by atoms with Crippen LogP contribution in [0.5, 0.6) is 0 Å². The third kappa shape index (κ3) is 3.54. The van der Waals surface area contributed by atoms with Crippen molar-refractivity contribution in [3.63, 3.8) is 0 Å². The quantitative estimate of drug-likeness (QED) is 0.448. The highest BCUT2D eigenvalue weighted by molar-refractivity contribution is 9.10. The maximum atomic E-state index is 13.5. The van der Waals surface area contributed by atoms with Gasteiger partial charge in [0.25, 0.3) is 0 Å². The minimum absolute atomic E-state index is 0.0801. The van der Waals surface area contributed by atoms with E-state index >= 15 is 0 Å². The molecule has 5 rings (SSSR count). The number of pyridine rings is 1. The summed E-state index contributed by atoms with van der Waals surface area (Å²) >= 11 is 9.21. The molecular weight excluding hydrogens is 465 g/mol. The summed E-state index contributed by atoms with van der Waals surface area (Å²) in [5.74, 6) is 1.24. The number of nitrogens with one attached hydrogen (secondary N) is 1. The maximum absolute atomic E-state index is 13.5. The van der Waals surface area contributed by atoms with Crippen LogP contribution in [0.1, 0.15) is 49.2 Å². The Morgan fingerprint density at radius 1 is 1.13 bits per heavy atom. The van der Waals surface area contributed by atoms with Crippen LogP contribution in [-0.4, -0.2) is 21.0 Å². The molecule has 1 saturated heterocycles. The average Bonchev–Trinajstić information content (AvgIpc) is 3.48. The summed E-state index contributed by atoms with van der Waals surface area (Å²) in [6.45, 7) is 0. The molecule has 7 heteroatoms. The van der Waals surface area contributed by atoms with Gasteiger partial charge in [-0.25, -0.2) is 4.39 Å². The summed E-state index contributed by atoms with van der Waals surface area (Å²) in [5, 5.41) is 4.24. The predicted octanol–water partition coefficient (Wildman–Crippen LogP) is 6.16. The Labute approximate surface area is 188 Å². The molecule has 4 nitrogen and oxygen atoms in total. The first-order chi connectivity index (χ1) is 14.6. The highest BCUT2D eigenvalue weighted by atomic mass is 79.9. The first-order valence-corrected chi connectivity index (χ1v) is 11.4. The van der Waals surface area contributed by atoms with E-state index in [4.69, 9.17) is 16.6 Å². The van der Waals surface area contributed by atoms with Gasteiger partial charge in [0.15, 0.2) is 5.11 Å². The fourth-order valence-corrected chi connectivity index (χ4v) is 5.53. The molecule has 1 saturated carbocycles. The topological polar surface area (TPSA) is 41.3 Å². The lowest BCUT2D eigenvalue weighted by atomic mass is 10.0. The molecule has 2 aromatic heterocycles. The van der Waals surface area contributed by atoms with Gasteiger partial charge in [-0.1, -0.05) is 18.9 Å². The van der Waals surface area contributed by atoms with Gasteiger partial charge >= 0.3 is 0 Å². The Kier molecular flexibility index (Phi) is 5.33. The zero-order valence-electron chi connectivity index (χ0n) is 16.2. The Morgan fingerprint density at radius 2 is 1.97 bits per heavy atom. The molecule has 2 fully saturated rings. The Hall–Kier alpha value is -2.25. The highest BCUT2D eigenvalue weighted by Crippen LogP contribution is 2.44. The Bertz CT molecular complexity index is 1070. The van der Waals surface area contributed by atoms with Crippen molar-refractivity contribution in [1.82, 2.24) is 15.2 Å². The smallest absolute Gasteiger partial charge is 0.170 e. The monoisotopic (exact) mass is 485 g/mol. The zero-order valence-corrected chi connectivity index (χ0v) is 18.6. The summed E-state index contributed by atoms with van der Waals surface area (Å²) in [7, 11) is 0. The van der Waals surface area contributed by atoms with E-state index in [9.17, 15) is 4.39 Å². The standard InChI is InChI=1S/C23H21BrFN3OS/c24-17-13-14(25)8-9-16(17)19-10-11-20(29-19)22-21(18-7-3-4-12-26-18)27-23(30)28(22)15-5-1-2-6-15/h3-4,7-13,15,21-22H,1-2,5-6H2,(H,27,30)/t21-,22+/m0/s1. The fraction of sp³-hybridized carbons (Fsp3) is 0.304. The SMILES string of the molecule is Fc1ccc(-c2ccc([C@@H]3[C@H](c4ccccn4)NC(=S)N3C3CCCC3)o2)c(Br)c1. The van der Waals surface area contributed by atoms with Gasteiger partial charge in [-0.2, -0.15) is 0 Å². The number of aromatic nitrogens is 1. The number of benzene rings is 1. The number of furan rings is 1. The molecule has 2 aliphatic rings. The van der Waals surface area contributed by atoms with Crippen molar-refractivity contribution in [3.8, 4) is 11.3 Å². The largest absolute Gasteiger partial charge is 0.459 e. The molecule has 0 radical (unpaired) electrons. The van der Waals surface area contributed by atoms with Crippen LogP contribution in [0.15, 0.2) is 63.6 Å². The Balaban J connectivity index is 1.55. The minimum Gasteiger partial charge on any atom is -0.459 e. The summed E-state index contributed by atoms with van der Waals surface area (Å²) in [5.41, 5.74) is 1.75. The lowest BCUT2D eigenvalue weighted by molar-refractivity contribution is 0.218. The molecule has 1 aliphatic heterocycles. The van der Waals surface area contributed by atoms with E-state index in [-0.39, 0.29) is 17.9 Å². The number of rotatable bonds is 4. The van der Waals surface area contributed by atoms with E-state index in [1.807, 2.05) is 30.3 Å². The first-order valence-electron chi connectivity index (χ1n) is 10.2. The van der Waals surface area contributed by atoms with E-state index in [0.717, 1.165) is 35.0 Å². The van der Waals surface area contributed by atoms with Crippen LogP contribution < -0.4 is 5.32 Å². The number of hydrogen-bond acceptors (Lipinski definition) is 3. The molecule has 0 amide bonds. The second kappa shape index (κ2) is 8.12. The molecule has 1 aromatic carbocycles. The summed E-state index contributed by atoms with van der Waals surface area (Å²) in [4.78, 5) is 6.89. The molecule has 1 aliphatic carbocycles. The van der Waals surface area contributed by atoms with E-state index in [1.54, 1.807) is 12.3 Å². The van der Waals surface area contributed by atoms with Crippen LogP contribution in [0.4, 0.5) is 4.39 Å². The number of nitrogens with zero attached hydrogens (tertiary/aromatic N) is 2. The van der Waals surface area contributed by atoms with E-state index in [1.165, 1.54) is 25.0 Å². The second-order valence-corrected chi connectivity index (χ2v) is 9.04. The van der Waals surface area contributed by atoms with Crippen molar-refractivity contribution in [3.05, 3.63) is 76.5 Å². The third-order valence-corrected chi connectivity index (χ3v) is 6.95. The Morgan fingerprint density at radius 3 is 2.70 bits per heavy atom. The van der Waals surface area contributed by atoms with Gasteiger partial charge in [-0.15, -0.1) is 0 Å². The van der Waals surface area contributed by atoms with Gasteiger partial charge in [0.05, 0.1) is 11.7 Å². The summed E-state index contributed by atoms with van der Waals surface area (Å²) in [6, 6.07) is 14.7. The van der Waals surface area contributed by atoms with Crippen LogP contribution in [0, 0.1) is 5.82 Å². The van der Waals surface area contributed by atoms with E-state index in [2.05, 4.69) is 31.1 Å². The van der Waals surface area contributed by atoms with Crippen LogP contribution in [-0.2, 0) is 0 Å². The van der Waals surface area contributed by atoms with Gasteiger partial charge in [-0.3, -0.25) is 4.98 Å². The van der Waals surface area contributed by atoms with Crippen LogP contribution in [0.3, 0.4) is 0 Å². The molecule has 0 spiro atoms. The fourth-order valence-electron chi connectivity index (χ4n) is 4.59. The van der Waals surface area contributed by atoms with Crippen LogP contribution in [0.25, 0.3) is 11.3 Å². The van der Waals surface area contributed by atoms with Crippen molar-refractivity contribution in [2.75, 3.05) is 0 Å². The maximum Gasteiger partial charge on any atom is 0.170 e. The average molecular weight is 486 g/mol. The predicted molar refractivity (Wildman–Crippen MR) is 121 cm³/mol. The molecule has 3 aromatic rings. The number of thiocarbonyl (C=S) groups is 1. The lowest BCUT2D eigenvalue weighted by Crippen LogP contribution is -2.37. The van der Waals surface area contributed by atoms with Crippen molar-refractivity contribution < 1.29 is 8.81 Å². The molecular formula is C23H21BrFN3OS. The molecule has 154 valence electrons. The minimum atomic E-state index is -0.287. The number of halogens is 2. The molecule has 0 unspecified atom stereocenters. The third-order valence-electron chi connectivity index (χ3n) is 5.97. The molecule has 2 atom stereocenters. The van der Waals surface area contributed by atoms with Crippen molar-refractivity contribution >= 4 is 33.3 Å². The molecule has 3 heterocycles. The van der Waals surface area contributed by atoms with E-state index in [0.29, 0.717) is 16.3 Å². The van der Waals surface area contributed by atoms with Crippen molar-refractivity contribution in [1.29, 1.82) is 0 Å². The molecule has 30 heavy (non-hydrogen) atoms. The van der Waals surface area contributed by atoms with Crippen LogP contribution >= 0.6 is 28.1 Å².